The van der Waals surface area contributed by atoms with Crippen LogP contribution >= 0.6 is 11.6 Å². The molecule has 0 fully saturated rings. The van der Waals surface area contributed by atoms with Crippen LogP contribution in [0.25, 0.3) is 0 Å². The first-order chi connectivity index (χ1) is 8.33. The molecule has 1 heteroatoms. The molecule has 0 aliphatic heterocycles. The third kappa shape index (κ3) is 25.9. The van der Waals surface area contributed by atoms with E-state index in [-0.39, 0.29) is 0 Å². The molecule has 0 radical (unpaired) electrons. The first-order valence-corrected chi connectivity index (χ1v) is 8.03. The Bertz CT molecular complexity index is 117. The Morgan fingerprint density at radius 2 is 1.24 bits per heavy atom. The molecule has 17 heavy (non-hydrogen) atoms. The number of alkyl halides is 1. The van der Waals surface area contributed by atoms with E-state index in [1.807, 2.05) is 6.08 Å². The molecule has 0 atom stereocenters. The Morgan fingerprint density at radius 1 is 0.765 bits per heavy atom. The Morgan fingerprint density at radius 3 is 1.65 bits per heavy atom. The molecule has 104 valence electrons. The summed E-state index contributed by atoms with van der Waals surface area (Å²) in [6, 6.07) is 0. The maximum atomic E-state index is 5.38. The normalized spacial score (nSPS) is 9.59. The minimum atomic E-state index is 0.827. The van der Waals surface area contributed by atoms with Crippen LogP contribution in [0, 0.1) is 0 Å². The highest BCUT2D eigenvalue weighted by Gasteiger charge is 1.88. The standard InChI is InChI=1S/C11H22.C5H11Cl/c1-3-5-7-9-11-10-8-6-4-2;1-2-3-4-5-6/h3H,1,4-11H2,2H3;2-5H2,1H3. The van der Waals surface area contributed by atoms with Crippen LogP contribution in [0.4, 0.5) is 0 Å². The quantitative estimate of drug-likeness (QED) is 0.220. The topological polar surface area (TPSA) is 0 Å². The van der Waals surface area contributed by atoms with Gasteiger partial charge in [0.05, 0.1) is 0 Å². The van der Waals surface area contributed by atoms with Crippen LogP contribution in [0.15, 0.2) is 12.7 Å². The summed E-state index contributed by atoms with van der Waals surface area (Å²) in [7, 11) is 0. The van der Waals surface area contributed by atoms with Crippen molar-refractivity contribution < 1.29 is 0 Å². The van der Waals surface area contributed by atoms with E-state index in [4.69, 9.17) is 11.6 Å². The van der Waals surface area contributed by atoms with Gasteiger partial charge in [0.1, 0.15) is 0 Å². The fraction of sp³-hybridized carbons (Fsp3) is 0.875. The van der Waals surface area contributed by atoms with Gasteiger partial charge in [0.2, 0.25) is 0 Å². The molecule has 0 amide bonds. The predicted molar refractivity (Wildman–Crippen MR) is 83.1 cm³/mol. The fourth-order valence-corrected chi connectivity index (χ4v) is 1.78. The van der Waals surface area contributed by atoms with E-state index < -0.39 is 0 Å². The molecule has 0 unspecified atom stereocenters. The Labute approximate surface area is 115 Å². The van der Waals surface area contributed by atoms with Gasteiger partial charge >= 0.3 is 0 Å². The van der Waals surface area contributed by atoms with E-state index in [0.717, 1.165) is 5.88 Å². The van der Waals surface area contributed by atoms with Crippen LogP contribution in [0.3, 0.4) is 0 Å². The van der Waals surface area contributed by atoms with Crippen molar-refractivity contribution in [2.75, 3.05) is 5.88 Å². The van der Waals surface area contributed by atoms with Gasteiger partial charge in [0.15, 0.2) is 0 Å². The summed E-state index contributed by atoms with van der Waals surface area (Å²) >= 11 is 5.38. The minimum Gasteiger partial charge on any atom is -0.127 e. The Hall–Kier alpha value is 0.0300. The number of hydrogen-bond donors (Lipinski definition) is 0. The van der Waals surface area contributed by atoms with Crippen molar-refractivity contribution in [3.63, 3.8) is 0 Å². The van der Waals surface area contributed by atoms with Gasteiger partial charge in [0, 0.05) is 5.88 Å². The lowest BCUT2D eigenvalue weighted by molar-refractivity contribution is 0.592. The first kappa shape index (κ1) is 19.4. The summed E-state index contributed by atoms with van der Waals surface area (Å²) in [5, 5.41) is 0. The summed E-state index contributed by atoms with van der Waals surface area (Å²) in [5.74, 6) is 0.827. The van der Waals surface area contributed by atoms with Crippen molar-refractivity contribution in [1.29, 1.82) is 0 Å². The first-order valence-electron chi connectivity index (χ1n) is 7.50. The van der Waals surface area contributed by atoms with Crippen molar-refractivity contribution >= 4 is 11.6 Å². The summed E-state index contributed by atoms with van der Waals surface area (Å²) in [4.78, 5) is 0. The largest absolute Gasteiger partial charge is 0.127 e. The molecule has 0 N–H and O–H groups in total. The molecule has 0 saturated carbocycles. The lowest BCUT2D eigenvalue weighted by Crippen LogP contribution is -1.78. The SMILES string of the molecule is C=CCCCCCCCCC.CCCCCCl. The van der Waals surface area contributed by atoms with Crippen LogP contribution in [0.1, 0.15) is 84.5 Å². The molecule has 0 rings (SSSR count). The number of rotatable bonds is 11. The Balaban J connectivity index is 0. The van der Waals surface area contributed by atoms with Gasteiger partial charge in [-0.25, -0.2) is 0 Å². The highest BCUT2D eigenvalue weighted by molar-refractivity contribution is 6.17. The molecule has 0 heterocycles. The maximum absolute atomic E-state index is 5.38. The second-order valence-electron chi connectivity index (χ2n) is 4.59. The minimum absolute atomic E-state index is 0.827. The lowest BCUT2D eigenvalue weighted by atomic mass is 10.1. The molecular formula is C16H33Cl. The Kier molecular flexibility index (Phi) is 24.3. The van der Waals surface area contributed by atoms with E-state index in [1.165, 1.54) is 70.6 Å². The van der Waals surface area contributed by atoms with E-state index >= 15 is 0 Å². The molecule has 0 saturated heterocycles. The number of allylic oxidation sites excluding steroid dienone is 1. The van der Waals surface area contributed by atoms with E-state index in [9.17, 15) is 0 Å². The summed E-state index contributed by atoms with van der Waals surface area (Å²) in [5.41, 5.74) is 0. The van der Waals surface area contributed by atoms with Crippen molar-refractivity contribution in [2.45, 2.75) is 84.5 Å². The monoisotopic (exact) mass is 260 g/mol. The zero-order chi connectivity index (χ0) is 13.2. The lowest BCUT2D eigenvalue weighted by Gasteiger charge is -1.98. The van der Waals surface area contributed by atoms with Crippen molar-refractivity contribution in [1.82, 2.24) is 0 Å². The van der Waals surface area contributed by atoms with Crippen LogP contribution in [0.5, 0.6) is 0 Å². The molecule has 0 aliphatic rings. The number of unbranched alkanes of at least 4 members (excludes halogenated alkanes) is 9. The van der Waals surface area contributed by atoms with Crippen LogP contribution < -0.4 is 0 Å². The fourth-order valence-electron chi connectivity index (χ4n) is 1.59. The smallest absolute Gasteiger partial charge is 0.0223 e. The van der Waals surface area contributed by atoms with Gasteiger partial charge in [-0.05, 0) is 19.3 Å². The van der Waals surface area contributed by atoms with E-state index in [1.54, 1.807) is 0 Å². The van der Waals surface area contributed by atoms with E-state index in [0.29, 0.717) is 0 Å². The molecule has 0 aromatic carbocycles. The van der Waals surface area contributed by atoms with Gasteiger partial charge < -0.3 is 0 Å². The van der Waals surface area contributed by atoms with Crippen LogP contribution in [0.2, 0.25) is 0 Å². The third-order valence-electron chi connectivity index (χ3n) is 2.75. The zero-order valence-electron chi connectivity index (χ0n) is 12.1. The van der Waals surface area contributed by atoms with Crippen molar-refractivity contribution in [3.05, 3.63) is 12.7 Å². The third-order valence-corrected chi connectivity index (χ3v) is 3.02. The average Bonchev–Trinajstić information content (AvgIpc) is 2.36. The highest BCUT2D eigenvalue weighted by Crippen LogP contribution is 2.07. The second-order valence-corrected chi connectivity index (χ2v) is 4.97. The van der Waals surface area contributed by atoms with Gasteiger partial charge in [0.25, 0.3) is 0 Å². The zero-order valence-corrected chi connectivity index (χ0v) is 12.9. The van der Waals surface area contributed by atoms with Gasteiger partial charge in [-0.3, -0.25) is 0 Å². The molecule has 0 aromatic rings. The maximum Gasteiger partial charge on any atom is 0.0223 e. The van der Waals surface area contributed by atoms with Crippen molar-refractivity contribution in [2.24, 2.45) is 0 Å². The van der Waals surface area contributed by atoms with Crippen LogP contribution in [-0.4, -0.2) is 5.88 Å². The molecule has 0 spiro atoms. The molecule has 0 nitrogen and oxygen atoms in total. The van der Waals surface area contributed by atoms with Crippen LogP contribution in [-0.2, 0) is 0 Å². The van der Waals surface area contributed by atoms with Gasteiger partial charge in [-0.2, -0.15) is 0 Å². The van der Waals surface area contributed by atoms with Gasteiger partial charge in [-0.1, -0.05) is 71.3 Å². The second kappa shape index (κ2) is 21.3. The molecule has 0 bridgehead atoms. The van der Waals surface area contributed by atoms with Crippen molar-refractivity contribution in [3.8, 4) is 0 Å². The predicted octanol–water partition coefficient (Wildman–Crippen LogP) is 6.73. The summed E-state index contributed by atoms with van der Waals surface area (Å²) < 4.78 is 0. The van der Waals surface area contributed by atoms with E-state index in [2.05, 4.69) is 20.4 Å². The molecule has 0 aromatic heterocycles. The average molecular weight is 261 g/mol. The number of hydrogen-bond acceptors (Lipinski definition) is 0. The summed E-state index contributed by atoms with van der Waals surface area (Å²) in [6.07, 6.45) is 16.8. The summed E-state index contributed by atoms with van der Waals surface area (Å²) in [6.45, 7) is 8.14. The van der Waals surface area contributed by atoms with Gasteiger partial charge in [-0.15, -0.1) is 18.2 Å². The molecule has 0 aliphatic carbocycles. The molecular weight excluding hydrogens is 228 g/mol. The highest BCUT2D eigenvalue weighted by atomic mass is 35.5. The number of halogens is 1.